The first-order chi connectivity index (χ1) is 9.01. The normalized spacial score (nSPS) is 12.5. The largest absolute Gasteiger partial charge is 0.480 e. The Bertz CT molecular complexity index is 398. The van der Waals surface area contributed by atoms with E-state index >= 15 is 0 Å². The molecule has 1 atom stereocenters. The van der Waals surface area contributed by atoms with Crippen molar-refractivity contribution in [1.82, 2.24) is 0 Å². The van der Waals surface area contributed by atoms with E-state index in [4.69, 9.17) is 0 Å². The van der Waals surface area contributed by atoms with Gasteiger partial charge >= 0.3 is 5.97 Å². The molecular weight excluding hydrogens is 238 g/mol. The number of carboxylic acid groups (broad SMARTS) is 1. The maximum Gasteiger partial charge on any atom is 0.326 e. The third kappa shape index (κ3) is 3.98. The topological polar surface area (TPSA) is 40.5 Å². The Hall–Kier alpha value is -1.51. The zero-order valence-electron chi connectivity index (χ0n) is 12.4. The lowest BCUT2D eigenvalue weighted by molar-refractivity contribution is -0.138. The van der Waals surface area contributed by atoms with Gasteiger partial charge in [0, 0.05) is 12.2 Å². The lowest BCUT2D eigenvalue weighted by Crippen LogP contribution is -2.41. The quantitative estimate of drug-likeness (QED) is 0.811. The Labute approximate surface area is 116 Å². The summed E-state index contributed by atoms with van der Waals surface area (Å²) in [5, 5.41) is 9.33. The Morgan fingerprint density at radius 2 is 1.79 bits per heavy atom. The van der Waals surface area contributed by atoms with Crippen molar-refractivity contribution in [3.8, 4) is 0 Å². The molecule has 3 nitrogen and oxygen atoms in total. The first-order valence-corrected chi connectivity index (χ1v) is 7.10. The molecule has 0 unspecified atom stereocenters. The zero-order valence-corrected chi connectivity index (χ0v) is 12.4. The fraction of sp³-hybridized carbons (Fsp3) is 0.562. The van der Waals surface area contributed by atoms with Crippen LogP contribution in [0, 0.1) is 0 Å². The number of hydrogen-bond donors (Lipinski definition) is 1. The van der Waals surface area contributed by atoms with E-state index in [0.29, 0.717) is 12.3 Å². The predicted molar refractivity (Wildman–Crippen MR) is 79.9 cm³/mol. The van der Waals surface area contributed by atoms with E-state index in [-0.39, 0.29) is 0 Å². The van der Waals surface area contributed by atoms with Gasteiger partial charge in [-0.05, 0) is 36.5 Å². The zero-order chi connectivity index (χ0) is 14.4. The number of nitrogens with zero attached hydrogens (tertiary/aromatic N) is 1. The van der Waals surface area contributed by atoms with Crippen molar-refractivity contribution in [2.45, 2.75) is 52.5 Å². The standard InChI is InChI=1S/C16H25NO2/c1-5-11-17(15(6-2)16(18)19)14-9-7-13(8-10-14)12(3)4/h7-10,12,15H,5-6,11H2,1-4H3,(H,18,19)/t15-/m1/s1. The van der Waals surface area contributed by atoms with Gasteiger partial charge in [-0.25, -0.2) is 4.79 Å². The molecule has 0 heterocycles. The number of carbonyl (C=O) groups is 1. The van der Waals surface area contributed by atoms with Crippen molar-refractivity contribution in [3.63, 3.8) is 0 Å². The molecule has 0 fully saturated rings. The number of benzene rings is 1. The van der Waals surface area contributed by atoms with E-state index < -0.39 is 12.0 Å². The van der Waals surface area contributed by atoms with Gasteiger partial charge in [0.2, 0.25) is 0 Å². The molecular formula is C16H25NO2. The molecule has 0 saturated carbocycles. The van der Waals surface area contributed by atoms with Gasteiger partial charge in [0.05, 0.1) is 0 Å². The molecule has 0 aromatic heterocycles. The smallest absolute Gasteiger partial charge is 0.326 e. The van der Waals surface area contributed by atoms with E-state index in [9.17, 15) is 9.90 Å². The average Bonchev–Trinajstić information content (AvgIpc) is 2.38. The molecule has 1 aromatic rings. The Morgan fingerprint density at radius 3 is 2.16 bits per heavy atom. The van der Waals surface area contributed by atoms with Crippen LogP contribution >= 0.6 is 0 Å². The SMILES string of the molecule is CCCN(c1ccc(C(C)C)cc1)[C@H](CC)C(=O)O. The summed E-state index contributed by atoms with van der Waals surface area (Å²) in [6, 6.07) is 7.83. The van der Waals surface area contributed by atoms with Crippen LogP contribution in [0.3, 0.4) is 0 Å². The highest BCUT2D eigenvalue weighted by atomic mass is 16.4. The van der Waals surface area contributed by atoms with E-state index in [1.807, 2.05) is 24.0 Å². The van der Waals surface area contributed by atoms with Crippen LogP contribution in [-0.2, 0) is 4.79 Å². The van der Waals surface area contributed by atoms with Gasteiger partial charge in [-0.15, -0.1) is 0 Å². The number of aliphatic carboxylic acids is 1. The van der Waals surface area contributed by atoms with Crippen LogP contribution in [0.15, 0.2) is 24.3 Å². The van der Waals surface area contributed by atoms with Gasteiger partial charge in [0.25, 0.3) is 0 Å². The van der Waals surface area contributed by atoms with Gasteiger partial charge < -0.3 is 10.0 Å². The van der Waals surface area contributed by atoms with Gasteiger partial charge in [0.15, 0.2) is 0 Å². The summed E-state index contributed by atoms with van der Waals surface area (Å²) in [7, 11) is 0. The molecule has 1 N–H and O–H groups in total. The Kier molecular flexibility index (Phi) is 5.87. The fourth-order valence-corrected chi connectivity index (χ4v) is 2.28. The second kappa shape index (κ2) is 7.17. The first-order valence-electron chi connectivity index (χ1n) is 7.10. The molecule has 0 bridgehead atoms. The molecule has 0 radical (unpaired) electrons. The van der Waals surface area contributed by atoms with Crippen molar-refractivity contribution in [2.24, 2.45) is 0 Å². The van der Waals surface area contributed by atoms with Crippen molar-refractivity contribution in [1.29, 1.82) is 0 Å². The third-order valence-electron chi connectivity index (χ3n) is 3.40. The maximum absolute atomic E-state index is 11.4. The summed E-state index contributed by atoms with van der Waals surface area (Å²) in [5.41, 5.74) is 2.28. The highest BCUT2D eigenvalue weighted by Gasteiger charge is 2.23. The van der Waals surface area contributed by atoms with Crippen molar-refractivity contribution >= 4 is 11.7 Å². The minimum absolute atomic E-state index is 0.440. The predicted octanol–water partition coefficient (Wildman–Crippen LogP) is 3.89. The summed E-state index contributed by atoms with van der Waals surface area (Å²) in [5.74, 6) is -0.251. The van der Waals surface area contributed by atoms with Crippen LogP contribution in [0.4, 0.5) is 5.69 Å². The molecule has 3 heteroatoms. The second-order valence-electron chi connectivity index (χ2n) is 5.20. The van der Waals surface area contributed by atoms with Crippen molar-refractivity contribution in [3.05, 3.63) is 29.8 Å². The molecule has 0 aliphatic heterocycles. The Balaban J connectivity index is 3.01. The Morgan fingerprint density at radius 1 is 1.21 bits per heavy atom. The summed E-state index contributed by atoms with van der Waals surface area (Å²) < 4.78 is 0. The second-order valence-corrected chi connectivity index (χ2v) is 5.20. The summed E-state index contributed by atoms with van der Waals surface area (Å²) in [6.07, 6.45) is 1.55. The average molecular weight is 263 g/mol. The van der Waals surface area contributed by atoms with Gasteiger partial charge in [-0.3, -0.25) is 0 Å². The lowest BCUT2D eigenvalue weighted by Gasteiger charge is -2.30. The van der Waals surface area contributed by atoms with Crippen molar-refractivity contribution in [2.75, 3.05) is 11.4 Å². The van der Waals surface area contributed by atoms with Crippen LogP contribution in [0.25, 0.3) is 0 Å². The van der Waals surface area contributed by atoms with E-state index in [1.54, 1.807) is 0 Å². The van der Waals surface area contributed by atoms with Gasteiger partial charge in [-0.2, -0.15) is 0 Å². The highest BCUT2D eigenvalue weighted by Crippen LogP contribution is 2.23. The third-order valence-corrected chi connectivity index (χ3v) is 3.40. The van der Waals surface area contributed by atoms with Gasteiger partial charge in [0.1, 0.15) is 6.04 Å². The maximum atomic E-state index is 11.4. The molecule has 106 valence electrons. The monoisotopic (exact) mass is 263 g/mol. The number of anilines is 1. The first kappa shape index (κ1) is 15.5. The molecule has 0 spiro atoms. The summed E-state index contributed by atoms with van der Waals surface area (Å²) in [6.45, 7) is 9.08. The number of carboxylic acids is 1. The fourth-order valence-electron chi connectivity index (χ4n) is 2.28. The van der Waals surface area contributed by atoms with Gasteiger partial charge in [-0.1, -0.05) is 39.8 Å². The highest BCUT2D eigenvalue weighted by molar-refractivity contribution is 5.78. The van der Waals surface area contributed by atoms with Crippen LogP contribution < -0.4 is 4.90 Å². The number of rotatable bonds is 7. The van der Waals surface area contributed by atoms with E-state index in [2.05, 4.69) is 32.9 Å². The van der Waals surface area contributed by atoms with Crippen molar-refractivity contribution < 1.29 is 9.90 Å². The van der Waals surface area contributed by atoms with Crippen LogP contribution in [0.5, 0.6) is 0 Å². The molecule has 1 rings (SSSR count). The minimum atomic E-state index is -0.746. The number of hydrogen-bond acceptors (Lipinski definition) is 2. The van der Waals surface area contributed by atoms with Crippen LogP contribution in [-0.4, -0.2) is 23.7 Å². The molecule has 1 aromatic carbocycles. The molecule has 0 aliphatic carbocycles. The lowest BCUT2D eigenvalue weighted by atomic mass is 10.0. The molecule has 0 aliphatic rings. The van der Waals surface area contributed by atoms with E-state index in [1.165, 1.54) is 5.56 Å². The van der Waals surface area contributed by atoms with Crippen LogP contribution in [0.1, 0.15) is 52.0 Å². The molecule has 19 heavy (non-hydrogen) atoms. The van der Waals surface area contributed by atoms with Crippen LogP contribution in [0.2, 0.25) is 0 Å². The summed E-state index contributed by atoms with van der Waals surface area (Å²) in [4.78, 5) is 13.3. The minimum Gasteiger partial charge on any atom is -0.480 e. The van der Waals surface area contributed by atoms with E-state index in [0.717, 1.165) is 18.7 Å². The molecule has 0 amide bonds. The summed E-state index contributed by atoms with van der Waals surface area (Å²) >= 11 is 0. The molecule has 0 saturated heterocycles.